The number of carbonyl (C=O) groups is 2. The van der Waals surface area contributed by atoms with Gasteiger partial charge in [-0.25, -0.2) is 9.59 Å². The van der Waals surface area contributed by atoms with E-state index < -0.39 is 48.7 Å². The molecular formula is C23H36O10. The lowest BCUT2D eigenvalue weighted by Crippen LogP contribution is -2.60. The number of carboxylic acid groups (broad SMARTS) is 1. The molecule has 33 heavy (non-hydrogen) atoms. The Labute approximate surface area is 193 Å². The van der Waals surface area contributed by atoms with E-state index in [9.17, 15) is 35.1 Å². The van der Waals surface area contributed by atoms with Crippen molar-refractivity contribution >= 4 is 11.9 Å². The van der Waals surface area contributed by atoms with Crippen molar-refractivity contribution in [2.24, 2.45) is 5.92 Å². The second kappa shape index (κ2) is 13.6. The SMILES string of the molecule is CC(/C=C/C(=O)O[C@H]1O[C@@H](C(=O)O)[C@@H](O)[C@@H](O)[C@H]1O)=C\C[C@H](O)/C(C)=C/CC[C@@H](C)[C@@H](C)O. The molecule has 1 heterocycles. The number of hydrogen-bond acceptors (Lipinski definition) is 9. The van der Waals surface area contributed by atoms with Crippen molar-refractivity contribution in [1.82, 2.24) is 0 Å². The van der Waals surface area contributed by atoms with Gasteiger partial charge in [-0.3, -0.25) is 0 Å². The van der Waals surface area contributed by atoms with Crippen LogP contribution in [0.5, 0.6) is 0 Å². The van der Waals surface area contributed by atoms with Gasteiger partial charge in [-0.1, -0.05) is 30.7 Å². The van der Waals surface area contributed by atoms with Gasteiger partial charge in [-0.05, 0) is 51.5 Å². The highest BCUT2D eigenvalue weighted by Gasteiger charge is 2.48. The van der Waals surface area contributed by atoms with Gasteiger partial charge in [0.05, 0.1) is 12.2 Å². The van der Waals surface area contributed by atoms with Crippen molar-refractivity contribution in [3.8, 4) is 0 Å². The topological polar surface area (TPSA) is 174 Å². The third kappa shape index (κ3) is 9.36. The van der Waals surface area contributed by atoms with E-state index in [1.54, 1.807) is 19.9 Å². The van der Waals surface area contributed by atoms with Crippen molar-refractivity contribution in [2.75, 3.05) is 0 Å². The first-order chi connectivity index (χ1) is 15.3. The summed E-state index contributed by atoms with van der Waals surface area (Å²) >= 11 is 0. The number of aliphatic carboxylic acids is 1. The fraction of sp³-hybridized carbons (Fsp3) is 0.652. The van der Waals surface area contributed by atoms with Crippen molar-refractivity contribution in [3.05, 3.63) is 35.5 Å². The molecule has 188 valence electrons. The third-order valence-electron chi connectivity index (χ3n) is 5.63. The quantitative estimate of drug-likeness (QED) is 0.107. The molecule has 0 aliphatic carbocycles. The van der Waals surface area contributed by atoms with Gasteiger partial charge in [0.2, 0.25) is 6.29 Å². The van der Waals surface area contributed by atoms with Crippen molar-refractivity contribution < 1.29 is 49.7 Å². The van der Waals surface area contributed by atoms with Crippen LogP contribution in [0.4, 0.5) is 0 Å². The average Bonchev–Trinajstić information content (AvgIpc) is 2.75. The molecule has 0 saturated carbocycles. The largest absolute Gasteiger partial charge is 0.479 e. The zero-order valence-electron chi connectivity index (χ0n) is 19.4. The summed E-state index contributed by atoms with van der Waals surface area (Å²) < 4.78 is 9.74. The molecule has 0 spiro atoms. The standard InChI is InChI=1S/C23H36O10/c1-12(8-10-16(25)14(3)7-5-6-13(2)15(4)24)9-11-17(26)32-23-20(29)18(27)19(28)21(33-23)22(30)31/h7-9,11,13,15-16,18-21,23-25,27-29H,5-6,10H2,1-4H3,(H,30,31)/b11-9+,12-8+,14-7+/t13-,15-,16+,18-,19+,20-,21-,23+/m1/s1. The Kier molecular flexibility index (Phi) is 11.9. The van der Waals surface area contributed by atoms with Gasteiger partial charge in [0.25, 0.3) is 0 Å². The van der Waals surface area contributed by atoms with Gasteiger partial charge < -0.3 is 40.1 Å². The number of rotatable bonds is 11. The summed E-state index contributed by atoms with van der Waals surface area (Å²) in [5.41, 5.74) is 1.45. The lowest BCUT2D eigenvalue weighted by molar-refractivity contribution is -0.284. The monoisotopic (exact) mass is 472 g/mol. The predicted octanol–water partition coefficient (Wildman–Crippen LogP) is 0.419. The normalized spacial score (nSPS) is 29.5. The van der Waals surface area contributed by atoms with Crippen LogP contribution in [0.2, 0.25) is 0 Å². The van der Waals surface area contributed by atoms with Gasteiger partial charge in [0, 0.05) is 6.08 Å². The lowest BCUT2D eigenvalue weighted by Gasteiger charge is -2.37. The molecule has 0 aromatic carbocycles. The molecule has 0 aromatic rings. The summed E-state index contributed by atoms with van der Waals surface area (Å²) in [4.78, 5) is 23.1. The minimum absolute atomic E-state index is 0.168. The highest BCUT2D eigenvalue weighted by atomic mass is 16.7. The van der Waals surface area contributed by atoms with E-state index in [2.05, 4.69) is 0 Å². The predicted molar refractivity (Wildman–Crippen MR) is 118 cm³/mol. The molecule has 0 aromatic heterocycles. The zero-order valence-corrected chi connectivity index (χ0v) is 19.4. The van der Waals surface area contributed by atoms with Crippen LogP contribution in [0.15, 0.2) is 35.5 Å². The second-order valence-electron chi connectivity index (χ2n) is 8.45. The minimum Gasteiger partial charge on any atom is -0.479 e. The fourth-order valence-corrected chi connectivity index (χ4v) is 3.01. The summed E-state index contributed by atoms with van der Waals surface area (Å²) in [6, 6.07) is 0. The van der Waals surface area contributed by atoms with Gasteiger partial charge in [-0.15, -0.1) is 0 Å². The molecular weight excluding hydrogens is 436 g/mol. The van der Waals surface area contributed by atoms with Crippen LogP contribution in [0.1, 0.15) is 47.0 Å². The number of allylic oxidation sites excluding steroid dienone is 3. The summed E-state index contributed by atoms with van der Waals surface area (Å²) in [5.74, 6) is -2.37. The highest BCUT2D eigenvalue weighted by Crippen LogP contribution is 2.22. The highest BCUT2D eigenvalue weighted by molar-refractivity contribution is 5.82. The van der Waals surface area contributed by atoms with Gasteiger partial charge >= 0.3 is 11.9 Å². The number of hydrogen-bond donors (Lipinski definition) is 6. The number of ether oxygens (including phenoxy) is 2. The number of aliphatic hydroxyl groups excluding tert-OH is 5. The zero-order chi connectivity index (χ0) is 25.3. The molecule has 1 saturated heterocycles. The van der Waals surface area contributed by atoms with Crippen molar-refractivity contribution in [1.29, 1.82) is 0 Å². The van der Waals surface area contributed by atoms with Gasteiger partial charge in [0.1, 0.15) is 18.3 Å². The van der Waals surface area contributed by atoms with Crippen molar-refractivity contribution in [2.45, 2.75) is 89.9 Å². The first-order valence-corrected chi connectivity index (χ1v) is 10.9. The number of esters is 1. The van der Waals surface area contributed by atoms with E-state index in [-0.39, 0.29) is 12.0 Å². The molecule has 1 aliphatic heterocycles. The molecule has 10 heteroatoms. The molecule has 0 amide bonds. The van der Waals surface area contributed by atoms with E-state index in [0.717, 1.165) is 24.5 Å². The maximum atomic E-state index is 12.0. The Morgan fingerprint density at radius 1 is 1.00 bits per heavy atom. The molecule has 1 fully saturated rings. The van der Waals surface area contributed by atoms with Crippen LogP contribution >= 0.6 is 0 Å². The van der Waals surface area contributed by atoms with E-state index in [0.29, 0.717) is 12.0 Å². The average molecular weight is 473 g/mol. The van der Waals surface area contributed by atoms with Crippen LogP contribution in [-0.2, 0) is 19.1 Å². The van der Waals surface area contributed by atoms with E-state index in [4.69, 9.17) is 14.6 Å². The lowest BCUT2D eigenvalue weighted by atomic mass is 9.98. The van der Waals surface area contributed by atoms with Crippen LogP contribution in [-0.4, -0.2) is 85.5 Å². The number of carbonyl (C=O) groups excluding carboxylic acids is 1. The number of aliphatic hydroxyl groups is 5. The Morgan fingerprint density at radius 2 is 1.64 bits per heavy atom. The molecule has 0 bridgehead atoms. The van der Waals surface area contributed by atoms with Gasteiger partial charge in [-0.2, -0.15) is 0 Å². The Balaban J connectivity index is 2.58. The molecule has 6 N–H and O–H groups in total. The molecule has 1 rings (SSSR count). The minimum atomic E-state index is -1.88. The second-order valence-corrected chi connectivity index (χ2v) is 8.45. The van der Waals surface area contributed by atoms with Gasteiger partial charge in [0.15, 0.2) is 6.10 Å². The number of carboxylic acids is 1. The van der Waals surface area contributed by atoms with Crippen LogP contribution < -0.4 is 0 Å². The summed E-state index contributed by atoms with van der Waals surface area (Å²) in [5, 5.41) is 58.0. The van der Waals surface area contributed by atoms with Crippen molar-refractivity contribution in [3.63, 3.8) is 0 Å². The van der Waals surface area contributed by atoms with E-state index in [1.165, 1.54) is 6.08 Å². The molecule has 1 aliphatic rings. The Hall–Kier alpha value is -2.08. The first-order valence-electron chi connectivity index (χ1n) is 10.9. The van der Waals surface area contributed by atoms with Crippen LogP contribution in [0.3, 0.4) is 0 Å². The maximum absolute atomic E-state index is 12.0. The summed E-state index contributed by atoms with van der Waals surface area (Å²) in [6.07, 6.45) is -2.31. The van der Waals surface area contributed by atoms with E-state index in [1.807, 2.05) is 19.9 Å². The molecule has 0 radical (unpaired) electrons. The Morgan fingerprint density at radius 3 is 2.21 bits per heavy atom. The Bertz CT molecular complexity index is 742. The maximum Gasteiger partial charge on any atom is 0.335 e. The molecule has 10 nitrogen and oxygen atoms in total. The fourth-order valence-electron chi connectivity index (χ4n) is 3.01. The van der Waals surface area contributed by atoms with Crippen LogP contribution in [0.25, 0.3) is 0 Å². The molecule has 8 atom stereocenters. The smallest absolute Gasteiger partial charge is 0.335 e. The summed E-state index contributed by atoms with van der Waals surface area (Å²) in [6.45, 7) is 7.23. The third-order valence-corrected chi connectivity index (χ3v) is 5.63. The van der Waals surface area contributed by atoms with E-state index >= 15 is 0 Å². The first kappa shape index (κ1) is 29.0. The van der Waals surface area contributed by atoms with Crippen LogP contribution in [0, 0.1) is 5.92 Å². The molecule has 0 unspecified atom stereocenters. The summed E-state index contributed by atoms with van der Waals surface area (Å²) in [7, 11) is 0.